The van der Waals surface area contributed by atoms with Crippen LogP contribution in [0.25, 0.3) is 0 Å². The first-order chi connectivity index (χ1) is 7.35. The van der Waals surface area contributed by atoms with E-state index in [1.807, 2.05) is 0 Å². The molecular weight excluding hydrogens is 224 g/mol. The summed E-state index contributed by atoms with van der Waals surface area (Å²) in [4.78, 5) is 0. The van der Waals surface area contributed by atoms with Gasteiger partial charge in [-0.1, -0.05) is 19.8 Å². The molecule has 2 fully saturated rings. The van der Waals surface area contributed by atoms with E-state index in [1.54, 1.807) is 0 Å². The molecule has 3 unspecified atom stereocenters. The van der Waals surface area contributed by atoms with Gasteiger partial charge in [-0.15, -0.1) is 0 Å². The zero-order valence-corrected chi connectivity index (χ0v) is 11.1. The highest BCUT2D eigenvalue weighted by Gasteiger charge is 2.35. The van der Waals surface area contributed by atoms with E-state index in [-0.39, 0.29) is 0 Å². The molecule has 1 aliphatic carbocycles. The molecule has 88 valence electrons. The Balaban J connectivity index is 1.90. The van der Waals surface area contributed by atoms with Crippen molar-refractivity contribution in [2.75, 3.05) is 11.5 Å². The highest BCUT2D eigenvalue weighted by molar-refractivity contribution is 8.07. The molecular formula is C11H22N2S2. The third-order valence-corrected chi connectivity index (χ3v) is 6.80. The molecule has 3 atom stereocenters. The number of thioether (sulfide) groups is 2. The summed E-state index contributed by atoms with van der Waals surface area (Å²) in [7, 11) is 0. The summed E-state index contributed by atoms with van der Waals surface area (Å²) in [6.07, 6.45) is 5.44. The lowest BCUT2D eigenvalue weighted by molar-refractivity contribution is 0.443. The molecule has 0 bridgehead atoms. The van der Waals surface area contributed by atoms with Crippen LogP contribution in [-0.2, 0) is 0 Å². The lowest BCUT2D eigenvalue weighted by Crippen LogP contribution is -2.48. The smallest absolute Gasteiger partial charge is 0.0342 e. The van der Waals surface area contributed by atoms with Crippen molar-refractivity contribution in [2.45, 2.75) is 49.1 Å². The molecule has 0 aromatic heterocycles. The van der Waals surface area contributed by atoms with Gasteiger partial charge < -0.3 is 0 Å². The monoisotopic (exact) mass is 246 g/mol. The van der Waals surface area contributed by atoms with Crippen LogP contribution in [0.3, 0.4) is 0 Å². The van der Waals surface area contributed by atoms with Gasteiger partial charge in [0.15, 0.2) is 0 Å². The molecule has 0 radical (unpaired) electrons. The predicted octanol–water partition coefficient (Wildman–Crippen LogP) is 2.25. The first kappa shape index (κ1) is 12.1. The average Bonchev–Trinajstić information content (AvgIpc) is 3.10. The molecule has 1 saturated carbocycles. The van der Waals surface area contributed by atoms with Gasteiger partial charge in [0.1, 0.15) is 0 Å². The summed E-state index contributed by atoms with van der Waals surface area (Å²) in [6, 6.07) is 0.542. The van der Waals surface area contributed by atoms with Crippen LogP contribution < -0.4 is 11.3 Å². The number of hydrazine groups is 1. The second-order valence-electron chi connectivity index (χ2n) is 4.61. The minimum atomic E-state index is 0.542. The largest absolute Gasteiger partial charge is 0.271 e. The van der Waals surface area contributed by atoms with E-state index in [1.165, 1.54) is 37.2 Å². The van der Waals surface area contributed by atoms with E-state index in [0.717, 1.165) is 16.4 Å². The zero-order valence-electron chi connectivity index (χ0n) is 9.45. The highest BCUT2D eigenvalue weighted by atomic mass is 32.2. The quantitative estimate of drug-likeness (QED) is 0.576. The van der Waals surface area contributed by atoms with Gasteiger partial charge in [0, 0.05) is 28.0 Å². The Kier molecular flexibility index (Phi) is 4.68. The number of nitrogens with one attached hydrogen (secondary N) is 1. The van der Waals surface area contributed by atoms with Gasteiger partial charge in [-0.25, -0.2) is 0 Å². The summed E-state index contributed by atoms with van der Waals surface area (Å²) in [5.74, 6) is 9.31. The van der Waals surface area contributed by atoms with Gasteiger partial charge in [-0.2, -0.15) is 23.5 Å². The van der Waals surface area contributed by atoms with E-state index >= 15 is 0 Å². The van der Waals surface area contributed by atoms with Crippen molar-refractivity contribution in [1.29, 1.82) is 0 Å². The van der Waals surface area contributed by atoms with E-state index < -0.39 is 0 Å². The summed E-state index contributed by atoms with van der Waals surface area (Å²) in [6.45, 7) is 2.31. The molecule has 0 aromatic rings. The van der Waals surface area contributed by atoms with Crippen LogP contribution >= 0.6 is 23.5 Å². The zero-order chi connectivity index (χ0) is 10.7. The maximum atomic E-state index is 5.72. The van der Waals surface area contributed by atoms with Crippen LogP contribution in [-0.4, -0.2) is 28.0 Å². The standard InChI is InChI=1S/C11H22N2S2/c1-2-10-11(15-6-5-14-10)9(13-12)7-8-3-4-8/h8-11,13H,2-7,12H2,1H3. The minimum absolute atomic E-state index is 0.542. The summed E-state index contributed by atoms with van der Waals surface area (Å²) in [5, 5.41) is 1.54. The Labute approximate surface area is 101 Å². The van der Waals surface area contributed by atoms with E-state index in [4.69, 9.17) is 5.84 Å². The van der Waals surface area contributed by atoms with Gasteiger partial charge in [-0.05, 0) is 18.8 Å². The van der Waals surface area contributed by atoms with Crippen LogP contribution in [0.2, 0.25) is 0 Å². The van der Waals surface area contributed by atoms with Gasteiger partial charge >= 0.3 is 0 Å². The summed E-state index contributed by atoms with van der Waals surface area (Å²) < 4.78 is 0. The second kappa shape index (κ2) is 5.80. The minimum Gasteiger partial charge on any atom is -0.271 e. The molecule has 1 aliphatic heterocycles. The van der Waals surface area contributed by atoms with Crippen molar-refractivity contribution >= 4 is 23.5 Å². The van der Waals surface area contributed by atoms with Crippen LogP contribution in [0.4, 0.5) is 0 Å². The van der Waals surface area contributed by atoms with E-state index in [2.05, 4.69) is 35.9 Å². The molecule has 2 nitrogen and oxygen atoms in total. The van der Waals surface area contributed by atoms with Crippen molar-refractivity contribution in [2.24, 2.45) is 11.8 Å². The number of hydrogen-bond donors (Lipinski definition) is 2. The molecule has 3 N–H and O–H groups in total. The first-order valence-corrected chi connectivity index (χ1v) is 8.14. The predicted molar refractivity (Wildman–Crippen MR) is 71.2 cm³/mol. The summed E-state index contributed by atoms with van der Waals surface area (Å²) >= 11 is 4.28. The van der Waals surface area contributed by atoms with Crippen LogP contribution in [0.5, 0.6) is 0 Å². The van der Waals surface area contributed by atoms with E-state index in [0.29, 0.717) is 6.04 Å². The molecule has 15 heavy (non-hydrogen) atoms. The van der Waals surface area contributed by atoms with Crippen molar-refractivity contribution in [3.8, 4) is 0 Å². The van der Waals surface area contributed by atoms with Crippen LogP contribution in [0, 0.1) is 5.92 Å². The fraction of sp³-hybridized carbons (Fsp3) is 1.00. The topological polar surface area (TPSA) is 38.0 Å². The second-order valence-corrected chi connectivity index (χ2v) is 7.24. The molecule has 0 amide bonds. The molecule has 1 heterocycles. The normalized spacial score (nSPS) is 34.0. The van der Waals surface area contributed by atoms with Gasteiger partial charge in [-0.3, -0.25) is 11.3 Å². The maximum absolute atomic E-state index is 5.72. The van der Waals surface area contributed by atoms with Crippen molar-refractivity contribution in [3.63, 3.8) is 0 Å². The molecule has 0 spiro atoms. The summed E-state index contributed by atoms with van der Waals surface area (Å²) in [5.41, 5.74) is 3.07. The molecule has 4 heteroatoms. The maximum Gasteiger partial charge on any atom is 0.0342 e. The van der Waals surface area contributed by atoms with Gasteiger partial charge in [0.25, 0.3) is 0 Å². The van der Waals surface area contributed by atoms with Crippen molar-refractivity contribution in [1.82, 2.24) is 5.43 Å². The highest BCUT2D eigenvalue weighted by Crippen LogP contribution is 2.40. The fourth-order valence-corrected chi connectivity index (χ4v) is 5.58. The van der Waals surface area contributed by atoms with Gasteiger partial charge in [0.05, 0.1) is 0 Å². The Morgan fingerprint density at radius 1 is 1.33 bits per heavy atom. The lowest BCUT2D eigenvalue weighted by Gasteiger charge is -2.35. The number of hydrogen-bond acceptors (Lipinski definition) is 4. The number of nitrogens with two attached hydrogens (primary N) is 1. The SMILES string of the molecule is CCC1SCCSC1C(CC1CC1)NN. The molecule has 2 aliphatic rings. The third kappa shape index (κ3) is 3.29. The number of rotatable bonds is 5. The van der Waals surface area contributed by atoms with E-state index in [9.17, 15) is 0 Å². The Bertz CT molecular complexity index is 197. The lowest BCUT2D eigenvalue weighted by atomic mass is 10.0. The van der Waals surface area contributed by atoms with Crippen molar-refractivity contribution in [3.05, 3.63) is 0 Å². The molecule has 1 saturated heterocycles. The molecule has 0 aromatic carbocycles. The van der Waals surface area contributed by atoms with Crippen LogP contribution in [0.15, 0.2) is 0 Å². The van der Waals surface area contributed by atoms with Gasteiger partial charge in [0.2, 0.25) is 0 Å². The van der Waals surface area contributed by atoms with Crippen LogP contribution in [0.1, 0.15) is 32.6 Å². The fourth-order valence-electron chi connectivity index (χ4n) is 2.32. The third-order valence-electron chi connectivity index (χ3n) is 3.39. The Morgan fingerprint density at radius 3 is 2.67 bits per heavy atom. The average molecular weight is 246 g/mol. The molecule has 2 rings (SSSR count). The Hall–Kier alpha value is 0.620. The van der Waals surface area contributed by atoms with Crippen molar-refractivity contribution < 1.29 is 0 Å². The Morgan fingerprint density at radius 2 is 2.07 bits per heavy atom. The first-order valence-electron chi connectivity index (χ1n) is 6.04.